The first-order valence-electron chi connectivity index (χ1n) is 7.68. The molecule has 1 aliphatic heterocycles. The monoisotopic (exact) mass is 365 g/mol. The number of aromatic amines is 1. The Morgan fingerprint density at radius 2 is 2.24 bits per heavy atom. The molecule has 0 saturated carbocycles. The van der Waals surface area contributed by atoms with Gasteiger partial charge in [-0.15, -0.1) is 11.8 Å². The van der Waals surface area contributed by atoms with E-state index in [1.807, 2.05) is 0 Å². The number of benzene rings is 1. The van der Waals surface area contributed by atoms with Gasteiger partial charge in [0.2, 0.25) is 0 Å². The molecule has 3 N–H and O–H groups in total. The molecule has 2 aromatic rings. The Balaban J connectivity index is 1.90. The van der Waals surface area contributed by atoms with E-state index in [0.717, 1.165) is 10.8 Å². The van der Waals surface area contributed by atoms with Crippen molar-refractivity contribution in [3.05, 3.63) is 62.2 Å². The molecule has 132 valence electrons. The zero-order chi connectivity index (χ0) is 18.0. The molecule has 0 saturated heterocycles. The summed E-state index contributed by atoms with van der Waals surface area (Å²) in [7, 11) is 0. The minimum atomic E-state index is -0.804. The molecule has 0 radical (unpaired) electrons. The number of nitrogens with one attached hydrogen (secondary N) is 2. The number of aromatic nitrogens is 2. The first-order chi connectivity index (χ1) is 12.0. The van der Waals surface area contributed by atoms with E-state index in [1.165, 1.54) is 17.8 Å². The Morgan fingerprint density at radius 3 is 3.00 bits per heavy atom. The smallest absolute Gasteiger partial charge is 0.328 e. The molecule has 1 aromatic carbocycles. The average molecular weight is 365 g/mol. The van der Waals surface area contributed by atoms with Gasteiger partial charge >= 0.3 is 5.69 Å². The quantitative estimate of drug-likeness (QED) is 0.737. The Kier molecular flexibility index (Phi) is 5.05. The van der Waals surface area contributed by atoms with Gasteiger partial charge in [-0.2, -0.15) is 0 Å². The number of amides is 1. The summed E-state index contributed by atoms with van der Waals surface area (Å²) in [4.78, 5) is 38.6. The molecule has 0 aliphatic carbocycles. The summed E-state index contributed by atoms with van der Waals surface area (Å²) in [5.41, 5.74) is -1.06. The minimum Gasteiger partial charge on any atom is -0.395 e. The summed E-state index contributed by atoms with van der Waals surface area (Å²) in [6, 6.07) is 4.27. The van der Waals surface area contributed by atoms with E-state index < -0.39 is 23.2 Å². The molecule has 3 rings (SSSR count). The maximum atomic E-state index is 13.9. The fourth-order valence-corrected chi connectivity index (χ4v) is 3.86. The predicted octanol–water partition coefficient (Wildman–Crippen LogP) is 0.635. The lowest BCUT2D eigenvalue weighted by molar-refractivity contribution is 0.0932. The van der Waals surface area contributed by atoms with E-state index in [9.17, 15) is 18.8 Å². The molecule has 9 heteroatoms. The number of rotatable bonds is 4. The third-order valence-corrected chi connectivity index (χ3v) is 5.09. The Labute approximate surface area is 145 Å². The number of carbonyl (C=O) groups excluding carboxylic acids is 1. The van der Waals surface area contributed by atoms with Crippen LogP contribution in [0.2, 0.25) is 0 Å². The average Bonchev–Trinajstić information content (AvgIpc) is 2.58. The van der Waals surface area contributed by atoms with Crippen molar-refractivity contribution in [3.8, 4) is 0 Å². The fourth-order valence-electron chi connectivity index (χ4n) is 2.72. The van der Waals surface area contributed by atoms with Crippen LogP contribution in [0.5, 0.6) is 0 Å². The van der Waals surface area contributed by atoms with E-state index in [0.29, 0.717) is 22.6 Å². The second-order valence-electron chi connectivity index (χ2n) is 5.54. The zero-order valence-corrected chi connectivity index (χ0v) is 13.9. The van der Waals surface area contributed by atoms with E-state index in [2.05, 4.69) is 10.3 Å². The molecule has 1 amide bonds. The summed E-state index contributed by atoms with van der Waals surface area (Å²) in [6.45, 7) is -0.344. The van der Waals surface area contributed by atoms with Crippen LogP contribution in [0.1, 0.15) is 28.4 Å². The highest BCUT2D eigenvalue weighted by molar-refractivity contribution is 7.99. The number of aliphatic hydroxyl groups is 1. The highest BCUT2D eigenvalue weighted by atomic mass is 32.2. The first kappa shape index (κ1) is 17.4. The zero-order valence-electron chi connectivity index (χ0n) is 13.1. The summed E-state index contributed by atoms with van der Waals surface area (Å²) >= 11 is 1.39. The highest BCUT2D eigenvalue weighted by Crippen LogP contribution is 2.37. The van der Waals surface area contributed by atoms with Gasteiger partial charge in [0.15, 0.2) is 0 Å². The standard InChI is InChI=1S/C16H16FN3O4S/c17-11-3-1-2-9-12(4-7-25-13(9)11)18-14(22)10-8-20(5-6-21)16(24)19-15(10)23/h1-3,8,12,21H,4-7H2,(H,18,22)(H,19,23,24). The van der Waals surface area contributed by atoms with Gasteiger partial charge in [0.25, 0.3) is 11.5 Å². The molecule has 1 aliphatic rings. The Hall–Kier alpha value is -2.39. The van der Waals surface area contributed by atoms with Gasteiger partial charge in [0, 0.05) is 16.8 Å². The maximum absolute atomic E-state index is 13.9. The van der Waals surface area contributed by atoms with Gasteiger partial charge in [-0.05, 0) is 18.1 Å². The molecule has 0 fully saturated rings. The van der Waals surface area contributed by atoms with Crippen molar-refractivity contribution in [2.45, 2.75) is 23.9 Å². The third kappa shape index (κ3) is 3.52. The van der Waals surface area contributed by atoms with Crippen molar-refractivity contribution in [1.82, 2.24) is 14.9 Å². The van der Waals surface area contributed by atoms with Crippen LogP contribution in [-0.2, 0) is 6.54 Å². The molecule has 25 heavy (non-hydrogen) atoms. The van der Waals surface area contributed by atoms with Crippen LogP contribution in [0.4, 0.5) is 4.39 Å². The number of nitrogens with zero attached hydrogens (tertiary/aromatic N) is 1. The van der Waals surface area contributed by atoms with E-state index in [-0.39, 0.29) is 24.5 Å². The van der Waals surface area contributed by atoms with Crippen LogP contribution in [0, 0.1) is 5.82 Å². The van der Waals surface area contributed by atoms with E-state index in [4.69, 9.17) is 5.11 Å². The Bertz CT molecular complexity index is 924. The van der Waals surface area contributed by atoms with Crippen molar-refractivity contribution in [3.63, 3.8) is 0 Å². The minimum absolute atomic E-state index is 0.0377. The molecule has 1 aromatic heterocycles. The summed E-state index contributed by atoms with van der Waals surface area (Å²) in [5, 5.41) is 11.7. The molecule has 1 unspecified atom stereocenters. The van der Waals surface area contributed by atoms with Crippen LogP contribution < -0.4 is 16.6 Å². The van der Waals surface area contributed by atoms with Gasteiger partial charge in [-0.25, -0.2) is 9.18 Å². The van der Waals surface area contributed by atoms with E-state index >= 15 is 0 Å². The van der Waals surface area contributed by atoms with Gasteiger partial charge in [0.05, 0.1) is 19.2 Å². The number of aliphatic hydroxyl groups excluding tert-OH is 1. The van der Waals surface area contributed by atoms with Crippen LogP contribution >= 0.6 is 11.8 Å². The van der Waals surface area contributed by atoms with Crippen LogP contribution in [-0.4, -0.2) is 32.9 Å². The van der Waals surface area contributed by atoms with Gasteiger partial charge in [-0.1, -0.05) is 12.1 Å². The highest BCUT2D eigenvalue weighted by Gasteiger charge is 2.25. The van der Waals surface area contributed by atoms with Crippen molar-refractivity contribution in [2.75, 3.05) is 12.4 Å². The summed E-state index contributed by atoms with van der Waals surface area (Å²) < 4.78 is 15.0. The number of fused-ring (bicyclic) bond motifs is 1. The largest absolute Gasteiger partial charge is 0.395 e. The van der Waals surface area contributed by atoms with Crippen molar-refractivity contribution < 1.29 is 14.3 Å². The van der Waals surface area contributed by atoms with Crippen molar-refractivity contribution in [2.24, 2.45) is 0 Å². The topological polar surface area (TPSA) is 104 Å². The Morgan fingerprint density at radius 1 is 1.44 bits per heavy atom. The molecular formula is C16H16FN3O4S. The second kappa shape index (κ2) is 7.24. The number of carbonyl (C=O) groups is 1. The molecule has 1 atom stereocenters. The first-order valence-corrected chi connectivity index (χ1v) is 8.66. The number of hydrogen-bond acceptors (Lipinski definition) is 5. The molecular weight excluding hydrogens is 349 g/mol. The maximum Gasteiger partial charge on any atom is 0.328 e. The predicted molar refractivity (Wildman–Crippen MR) is 90.4 cm³/mol. The normalized spacial score (nSPS) is 16.3. The molecule has 0 spiro atoms. The number of halogens is 1. The lowest BCUT2D eigenvalue weighted by Crippen LogP contribution is -2.39. The summed E-state index contributed by atoms with van der Waals surface area (Å²) in [5.74, 6) is -0.352. The number of thioether (sulfide) groups is 1. The molecule has 7 nitrogen and oxygen atoms in total. The van der Waals surface area contributed by atoms with E-state index in [1.54, 1.807) is 12.1 Å². The third-order valence-electron chi connectivity index (χ3n) is 3.93. The lowest BCUT2D eigenvalue weighted by atomic mass is 10.0. The van der Waals surface area contributed by atoms with Gasteiger partial charge in [-0.3, -0.25) is 19.1 Å². The van der Waals surface area contributed by atoms with Crippen LogP contribution in [0.15, 0.2) is 38.9 Å². The van der Waals surface area contributed by atoms with Crippen LogP contribution in [0.3, 0.4) is 0 Å². The second-order valence-corrected chi connectivity index (χ2v) is 6.65. The van der Waals surface area contributed by atoms with Crippen molar-refractivity contribution in [1.29, 1.82) is 0 Å². The fraction of sp³-hybridized carbons (Fsp3) is 0.312. The summed E-state index contributed by atoms with van der Waals surface area (Å²) in [6.07, 6.45) is 1.72. The van der Waals surface area contributed by atoms with Gasteiger partial charge < -0.3 is 10.4 Å². The van der Waals surface area contributed by atoms with Crippen LogP contribution in [0.25, 0.3) is 0 Å². The molecule has 2 heterocycles. The number of hydrogen-bond donors (Lipinski definition) is 3. The number of H-pyrrole nitrogens is 1. The molecule has 0 bridgehead atoms. The van der Waals surface area contributed by atoms with Gasteiger partial charge in [0.1, 0.15) is 11.4 Å². The lowest BCUT2D eigenvalue weighted by Gasteiger charge is -2.26. The SMILES string of the molecule is O=C(NC1CCSc2c(F)cccc21)c1cn(CCO)c(=O)[nH]c1=O. The van der Waals surface area contributed by atoms with Crippen molar-refractivity contribution >= 4 is 17.7 Å².